The van der Waals surface area contributed by atoms with Crippen molar-refractivity contribution >= 4 is 5.91 Å². The van der Waals surface area contributed by atoms with Crippen molar-refractivity contribution in [2.24, 2.45) is 0 Å². The first-order chi connectivity index (χ1) is 12.2. The second kappa shape index (κ2) is 8.74. The van der Waals surface area contributed by atoms with E-state index in [1.807, 2.05) is 24.1 Å². The molecule has 0 aliphatic heterocycles. The highest BCUT2D eigenvalue weighted by Crippen LogP contribution is 2.21. The summed E-state index contributed by atoms with van der Waals surface area (Å²) in [5.41, 5.74) is 0.815. The maximum atomic E-state index is 12.5. The average molecular weight is 342 g/mol. The van der Waals surface area contributed by atoms with Gasteiger partial charge in [-0.05, 0) is 25.0 Å². The highest BCUT2D eigenvalue weighted by molar-refractivity contribution is 5.76. The SMILES string of the molecule is CN(C(=O)CCc1nc(-c2cccnc2)no1)C1CCCCCCC1. The summed E-state index contributed by atoms with van der Waals surface area (Å²) in [6.45, 7) is 0. The molecule has 2 aromatic heterocycles. The number of aryl methyl sites for hydroxylation is 1. The molecule has 0 N–H and O–H groups in total. The minimum absolute atomic E-state index is 0.159. The van der Waals surface area contributed by atoms with Gasteiger partial charge < -0.3 is 9.42 Å². The minimum Gasteiger partial charge on any atom is -0.343 e. The molecule has 2 aromatic rings. The average Bonchev–Trinajstić information content (AvgIpc) is 3.09. The number of nitrogens with zero attached hydrogens (tertiary/aromatic N) is 4. The second-order valence-electron chi connectivity index (χ2n) is 6.76. The molecular formula is C19H26N4O2. The molecule has 0 bridgehead atoms. The van der Waals surface area contributed by atoms with Crippen LogP contribution >= 0.6 is 0 Å². The van der Waals surface area contributed by atoms with Gasteiger partial charge >= 0.3 is 0 Å². The Balaban J connectivity index is 1.52. The van der Waals surface area contributed by atoms with Gasteiger partial charge in [0.2, 0.25) is 17.6 Å². The molecule has 0 saturated heterocycles. The highest BCUT2D eigenvalue weighted by atomic mass is 16.5. The number of pyridine rings is 1. The summed E-state index contributed by atoms with van der Waals surface area (Å²) in [5.74, 6) is 1.17. The third-order valence-corrected chi connectivity index (χ3v) is 4.96. The monoisotopic (exact) mass is 342 g/mol. The van der Waals surface area contributed by atoms with Crippen molar-refractivity contribution < 1.29 is 9.32 Å². The number of rotatable bonds is 5. The molecule has 134 valence electrons. The molecule has 1 aliphatic rings. The van der Waals surface area contributed by atoms with E-state index in [0.29, 0.717) is 30.6 Å². The van der Waals surface area contributed by atoms with Gasteiger partial charge in [0.15, 0.2) is 0 Å². The lowest BCUT2D eigenvalue weighted by molar-refractivity contribution is -0.132. The number of aromatic nitrogens is 3. The molecular weight excluding hydrogens is 316 g/mol. The molecule has 1 aliphatic carbocycles. The molecule has 0 radical (unpaired) electrons. The third kappa shape index (κ3) is 4.87. The van der Waals surface area contributed by atoms with Crippen LogP contribution in [-0.2, 0) is 11.2 Å². The largest absolute Gasteiger partial charge is 0.343 e. The van der Waals surface area contributed by atoms with Gasteiger partial charge in [-0.25, -0.2) is 0 Å². The van der Waals surface area contributed by atoms with Gasteiger partial charge in [-0.1, -0.05) is 37.3 Å². The molecule has 6 nitrogen and oxygen atoms in total. The van der Waals surface area contributed by atoms with Crippen LogP contribution < -0.4 is 0 Å². The summed E-state index contributed by atoms with van der Waals surface area (Å²) >= 11 is 0. The molecule has 2 heterocycles. The van der Waals surface area contributed by atoms with Crippen molar-refractivity contribution in [1.29, 1.82) is 0 Å². The molecule has 0 atom stereocenters. The van der Waals surface area contributed by atoms with E-state index < -0.39 is 0 Å². The predicted octanol–water partition coefficient (Wildman–Crippen LogP) is 3.64. The lowest BCUT2D eigenvalue weighted by atomic mass is 9.95. The summed E-state index contributed by atoms with van der Waals surface area (Å²) in [5, 5.41) is 3.97. The molecule has 0 unspecified atom stereocenters. The molecule has 0 aromatic carbocycles. The van der Waals surface area contributed by atoms with Crippen LogP contribution in [0.1, 0.15) is 57.3 Å². The molecule has 0 spiro atoms. The number of carbonyl (C=O) groups excluding carboxylic acids is 1. The fourth-order valence-electron chi connectivity index (χ4n) is 3.38. The van der Waals surface area contributed by atoms with Gasteiger partial charge in [-0.15, -0.1) is 0 Å². The van der Waals surface area contributed by atoms with E-state index in [2.05, 4.69) is 15.1 Å². The molecule has 3 rings (SSSR count). The van der Waals surface area contributed by atoms with E-state index in [9.17, 15) is 4.79 Å². The standard InChI is InChI=1S/C19H26N4O2/c1-23(16-9-5-3-2-4-6-10-16)18(24)12-11-17-21-19(22-25-17)15-8-7-13-20-14-15/h7-8,13-14,16H,2-6,9-12H2,1H3. The lowest BCUT2D eigenvalue weighted by Crippen LogP contribution is -2.37. The van der Waals surface area contributed by atoms with Crippen LogP contribution in [0.4, 0.5) is 0 Å². The summed E-state index contributed by atoms with van der Waals surface area (Å²) in [4.78, 5) is 22.9. The van der Waals surface area contributed by atoms with E-state index >= 15 is 0 Å². The van der Waals surface area contributed by atoms with Gasteiger partial charge in [-0.2, -0.15) is 4.98 Å². The fraction of sp³-hybridized carbons (Fsp3) is 0.579. The Labute approximate surface area is 148 Å². The van der Waals surface area contributed by atoms with Crippen molar-refractivity contribution in [3.05, 3.63) is 30.4 Å². The van der Waals surface area contributed by atoms with Gasteiger partial charge in [0.1, 0.15) is 0 Å². The van der Waals surface area contributed by atoms with Crippen LogP contribution in [0.2, 0.25) is 0 Å². The highest BCUT2D eigenvalue weighted by Gasteiger charge is 2.21. The Hall–Kier alpha value is -2.24. The second-order valence-corrected chi connectivity index (χ2v) is 6.76. The number of hydrogen-bond acceptors (Lipinski definition) is 5. The van der Waals surface area contributed by atoms with Crippen LogP contribution in [0.5, 0.6) is 0 Å². The number of hydrogen-bond donors (Lipinski definition) is 0. The Kier molecular flexibility index (Phi) is 6.14. The van der Waals surface area contributed by atoms with Crippen molar-refractivity contribution in [2.45, 2.75) is 63.8 Å². The van der Waals surface area contributed by atoms with Gasteiger partial charge in [0, 0.05) is 43.9 Å². The van der Waals surface area contributed by atoms with Crippen molar-refractivity contribution in [3.63, 3.8) is 0 Å². The minimum atomic E-state index is 0.159. The maximum absolute atomic E-state index is 12.5. The Morgan fingerprint density at radius 1 is 1.24 bits per heavy atom. The zero-order chi connectivity index (χ0) is 17.5. The predicted molar refractivity (Wildman–Crippen MR) is 94.7 cm³/mol. The Morgan fingerprint density at radius 2 is 2.00 bits per heavy atom. The quantitative estimate of drug-likeness (QED) is 0.829. The molecule has 1 fully saturated rings. The van der Waals surface area contributed by atoms with E-state index in [1.54, 1.807) is 12.4 Å². The summed E-state index contributed by atoms with van der Waals surface area (Å²) < 4.78 is 5.27. The van der Waals surface area contributed by atoms with Crippen LogP contribution in [0.15, 0.2) is 29.0 Å². The lowest BCUT2D eigenvalue weighted by Gasteiger charge is -2.29. The molecule has 1 amide bonds. The Morgan fingerprint density at radius 3 is 2.72 bits per heavy atom. The zero-order valence-corrected chi connectivity index (χ0v) is 14.9. The summed E-state index contributed by atoms with van der Waals surface area (Å²) in [7, 11) is 1.93. The van der Waals surface area contributed by atoms with Crippen molar-refractivity contribution in [1.82, 2.24) is 20.0 Å². The van der Waals surface area contributed by atoms with Crippen LogP contribution in [0, 0.1) is 0 Å². The van der Waals surface area contributed by atoms with E-state index in [1.165, 1.54) is 32.1 Å². The molecule has 6 heteroatoms. The van der Waals surface area contributed by atoms with Gasteiger partial charge in [0.25, 0.3) is 0 Å². The van der Waals surface area contributed by atoms with E-state index in [0.717, 1.165) is 18.4 Å². The molecule has 1 saturated carbocycles. The zero-order valence-electron chi connectivity index (χ0n) is 14.9. The Bertz CT molecular complexity index is 663. The van der Waals surface area contributed by atoms with Crippen LogP contribution in [-0.4, -0.2) is 39.0 Å². The summed E-state index contributed by atoms with van der Waals surface area (Å²) in [6.07, 6.45) is 12.9. The first-order valence-corrected chi connectivity index (χ1v) is 9.22. The van der Waals surface area contributed by atoms with Crippen molar-refractivity contribution in [3.8, 4) is 11.4 Å². The van der Waals surface area contributed by atoms with E-state index in [4.69, 9.17) is 4.52 Å². The van der Waals surface area contributed by atoms with Crippen LogP contribution in [0.25, 0.3) is 11.4 Å². The number of amides is 1. The van der Waals surface area contributed by atoms with E-state index in [-0.39, 0.29) is 5.91 Å². The fourth-order valence-corrected chi connectivity index (χ4v) is 3.38. The molecule has 25 heavy (non-hydrogen) atoms. The van der Waals surface area contributed by atoms with Crippen LogP contribution in [0.3, 0.4) is 0 Å². The summed E-state index contributed by atoms with van der Waals surface area (Å²) in [6, 6.07) is 4.09. The topological polar surface area (TPSA) is 72.1 Å². The van der Waals surface area contributed by atoms with Crippen molar-refractivity contribution in [2.75, 3.05) is 7.05 Å². The number of carbonyl (C=O) groups is 1. The smallest absolute Gasteiger partial charge is 0.227 e. The third-order valence-electron chi connectivity index (χ3n) is 4.96. The van der Waals surface area contributed by atoms with Gasteiger partial charge in [0.05, 0.1) is 0 Å². The first-order valence-electron chi connectivity index (χ1n) is 9.22. The maximum Gasteiger partial charge on any atom is 0.227 e. The van der Waals surface area contributed by atoms with Gasteiger partial charge in [-0.3, -0.25) is 9.78 Å². The first kappa shape index (κ1) is 17.6. The normalized spacial score (nSPS) is 16.2.